The zero-order valence-corrected chi connectivity index (χ0v) is 8.51. The molecule has 12 heavy (non-hydrogen) atoms. The summed E-state index contributed by atoms with van der Waals surface area (Å²) in [4.78, 5) is 0. The molecule has 0 fully saturated rings. The second-order valence-electron chi connectivity index (χ2n) is 1.98. The molecule has 0 aliphatic heterocycles. The Morgan fingerprint density at radius 1 is 1.50 bits per heavy atom. The summed E-state index contributed by atoms with van der Waals surface area (Å²) in [6.07, 6.45) is 0. The summed E-state index contributed by atoms with van der Waals surface area (Å²) in [6, 6.07) is 1.66. The molecular formula is C5H9ClN2O2S2. The van der Waals surface area contributed by atoms with E-state index in [4.69, 9.17) is 10.9 Å². The van der Waals surface area contributed by atoms with Crippen molar-refractivity contribution in [3.8, 4) is 0 Å². The molecule has 1 aromatic heterocycles. The maximum atomic E-state index is 10.8. The maximum absolute atomic E-state index is 10.8. The number of hydrogen-bond donors (Lipinski definition) is 2. The van der Waals surface area contributed by atoms with Crippen LogP contribution < -0.4 is 10.9 Å². The molecule has 1 rings (SSSR count). The maximum Gasteiger partial charge on any atom is 0.247 e. The van der Waals surface area contributed by atoms with Crippen LogP contribution in [-0.4, -0.2) is 8.42 Å². The van der Waals surface area contributed by atoms with E-state index in [-0.39, 0.29) is 23.2 Å². The fourth-order valence-corrected chi connectivity index (χ4v) is 2.60. The molecule has 0 saturated heterocycles. The largest absolute Gasteiger partial charge is 0.326 e. The minimum atomic E-state index is -3.56. The van der Waals surface area contributed by atoms with E-state index >= 15 is 0 Å². The van der Waals surface area contributed by atoms with Gasteiger partial charge in [0.25, 0.3) is 0 Å². The monoisotopic (exact) mass is 228 g/mol. The molecule has 0 spiro atoms. The Kier molecular flexibility index (Phi) is 4.15. The minimum Gasteiger partial charge on any atom is -0.326 e. The molecule has 0 radical (unpaired) electrons. The van der Waals surface area contributed by atoms with Gasteiger partial charge in [0, 0.05) is 6.54 Å². The number of nitrogens with two attached hydrogens (primary N) is 2. The van der Waals surface area contributed by atoms with Crippen LogP contribution in [0.4, 0.5) is 0 Å². The van der Waals surface area contributed by atoms with Crippen LogP contribution in [0.15, 0.2) is 15.7 Å². The van der Waals surface area contributed by atoms with Gasteiger partial charge in [0.2, 0.25) is 10.0 Å². The predicted octanol–water partition coefficient (Wildman–Crippen LogP) is 0.276. The van der Waals surface area contributed by atoms with Crippen LogP contribution >= 0.6 is 23.7 Å². The van der Waals surface area contributed by atoms with Crippen molar-refractivity contribution in [1.82, 2.24) is 0 Å². The Balaban J connectivity index is 0.00000121. The Morgan fingerprint density at radius 3 is 2.42 bits per heavy atom. The standard InChI is InChI=1S/C5H8N2O2S2.ClH/c6-3-4-1-2-10-5(4)11(7,8)9;/h1-2H,3,6H2,(H2,7,8,9);1H. The molecule has 0 atom stereocenters. The van der Waals surface area contributed by atoms with Crippen molar-refractivity contribution in [1.29, 1.82) is 0 Å². The van der Waals surface area contributed by atoms with Crippen molar-refractivity contribution in [2.24, 2.45) is 10.9 Å². The third kappa shape index (κ3) is 2.43. The van der Waals surface area contributed by atoms with Crippen LogP contribution in [0.5, 0.6) is 0 Å². The van der Waals surface area contributed by atoms with Crippen LogP contribution in [0.25, 0.3) is 0 Å². The molecule has 0 bridgehead atoms. The van der Waals surface area contributed by atoms with Gasteiger partial charge < -0.3 is 5.73 Å². The van der Waals surface area contributed by atoms with Crippen molar-refractivity contribution < 1.29 is 8.42 Å². The van der Waals surface area contributed by atoms with Gasteiger partial charge in [-0.2, -0.15) is 0 Å². The molecular weight excluding hydrogens is 220 g/mol. The Morgan fingerprint density at radius 2 is 2.08 bits per heavy atom. The molecule has 0 amide bonds. The topological polar surface area (TPSA) is 86.2 Å². The summed E-state index contributed by atoms with van der Waals surface area (Å²) >= 11 is 1.09. The van der Waals surface area contributed by atoms with Crippen LogP contribution in [-0.2, 0) is 16.6 Å². The Hall–Kier alpha value is -0.140. The fourth-order valence-electron chi connectivity index (χ4n) is 0.723. The predicted molar refractivity (Wildman–Crippen MR) is 50.8 cm³/mol. The molecule has 1 heterocycles. The lowest BCUT2D eigenvalue weighted by molar-refractivity contribution is 0.599. The summed E-state index contributed by atoms with van der Waals surface area (Å²) in [6.45, 7) is 0.204. The number of sulfonamides is 1. The van der Waals surface area contributed by atoms with Crippen molar-refractivity contribution >= 4 is 33.8 Å². The van der Waals surface area contributed by atoms with Crippen LogP contribution in [0.2, 0.25) is 0 Å². The summed E-state index contributed by atoms with van der Waals surface area (Å²) in [5, 5.41) is 6.56. The fraction of sp³-hybridized carbons (Fsp3) is 0.200. The molecule has 7 heteroatoms. The summed E-state index contributed by atoms with van der Waals surface area (Å²) < 4.78 is 21.8. The lowest BCUT2D eigenvalue weighted by atomic mass is 10.3. The van der Waals surface area contributed by atoms with E-state index in [1.54, 1.807) is 11.4 Å². The van der Waals surface area contributed by atoms with Crippen molar-refractivity contribution in [2.45, 2.75) is 10.8 Å². The SMILES string of the molecule is Cl.NCc1ccsc1S(N)(=O)=O. The lowest BCUT2D eigenvalue weighted by Gasteiger charge is -1.95. The first-order chi connectivity index (χ1) is 5.05. The van der Waals surface area contributed by atoms with Crippen molar-refractivity contribution in [3.63, 3.8) is 0 Å². The summed E-state index contributed by atoms with van der Waals surface area (Å²) in [5.74, 6) is 0. The van der Waals surface area contributed by atoms with Gasteiger partial charge in [0.1, 0.15) is 4.21 Å². The summed E-state index contributed by atoms with van der Waals surface area (Å²) in [7, 11) is -3.56. The van der Waals surface area contributed by atoms with E-state index in [2.05, 4.69) is 0 Å². The van der Waals surface area contributed by atoms with Gasteiger partial charge in [0.15, 0.2) is 0 Å². The average Bonchev–Trinajstić information content (AvgIpc) is 2.31. The highest BCUT2D eigenvalue weighted by Gasteiger charge is 2.13. The highest BCUT2D eigenvalue weighted by atomic mass is 35.5. The molecule has 0 unspecified atom stereocenters. The van der Waals surface area contributed by atoms with Crippen LogP contribution in [0, 0.1) is 0 Å². The van der Waals surface area contributed by atoms with Crippen molar-refractivity contribution in [2.75, 3.05) is 0 Å². The summed E-state index contributed by atoms with van der Waals surface area (Å²) in [5.41, 5.74) is 5.86. The third-order valence-electron chi connectivity index (χ3n) is 1.18. The third-order valence-corrected chi connectivity index (χ3v) is 3.70. The zero-order chi connectivity index (χ0) is 8.48. The van der Waals surface area contributed by atoms with E-state index in [9.17, 15) is 8.42 Å². The van der Waals surface area contributed by atoms with E-state index in [1.165, 1.54) is 0 Å². The van der Waals surface area contributed by atoms with Gasteiger partial charge in [-0.05, 0) is 17.0 Å². The minimum absolute atomic E-state index is 0. The highest BCUT2D eigenvalue weighted by Crippen LogP contribution is 2.20. The molecule has 1 aromatic rings. The molecule has 4 N–H and O–H groups in total. The van der Waals surface area contributed by atoms with E-state index in [1.807, 2.05) is 0 Å². The number of hydrogen-bond acceptors (Lipinski definition) is 4. The number of halogens is 1. The van der Waals surface area contributed by atoms with Gasteiger partial charge in [0.05, 0.1) is 0 Å². The highest BCUT2D eigenvalue weighted by molar-refractivity contribution is 7.91. The Bertz CT molecular complexity index is 346. The van der Waals surface area contributed by atoms with Crippen LogP contribution in [0.3, 0.4) is 0 Å². The molecule has 4 nitrogen and oxygen atoms in total. The molecule has 0 aromatic carbocycles. The zero-order valence-electron chi connectivity index (χ0n) is 6.06. The van der Waals surface area contributed by atoms with E-state index < -0.39 is 10.0 Å². The smallest absolute Gasteiger partial charge is 0.247 e. The van der Waals surface area contributed by atoms with Gasteiger partial charge in [-0.15, -0.1) is 23.7 Å². The van der Waals surface area contributed by atoms with E-state index in [0.717, 1.165) is 11.3 Å². The van der Waals surface area contributed by atoms with Gasteiger partial charge >= 0.3 is 0 Å². The normalized spacial score (nSPS) is 10.8. The molecule has 0 aliphatic carbocycles. The number of thiophene rings is 1. The molecule has 0 aliphatic rings. The molecule has 70 valence electrons. The van der Waals surface area contributed by atoms with Gasteiger partial charge in [-0.1, -0.05) is 0 Å². The van der Waals surface area contributed by atoms with Gasteiger partial charge in [-0.25, -0.2) is 13.6 Å². The average molecular weight is 229 g/mol. The Labute approximate surface area is 81.0 Å². The van der Waals surface area contributed by atoms with E-state index in [0.29, 0.717) is 5.56 Å². The first-order valence-corrected chi connectivity index (χ1v) is 5.27. The lowest BCUT2D eigenvalue weighted by Crippen LogP contribution is -2.13. The number of primary sulfonamides is 1. The van der Waals surface area contributed by atoms with Crippen molar-refractivity contribution in [3.05, 3.63) is 17.0 Å². The number of rotatable bonds is 2. The van der Waals surface area contributed by atoms with Gasteiger partial charge in [-0.3, -0.25) is 0 Å². The first-order valence-electron chi connectivity index (χ1n) is 2.85. The first kappa shape index (κ1) is 11.9. The molecule has 0 saturated carbocycles. The quantitative estimate of drug-likeness (QED) is 0.762. The van der Waals surface area contributed by atoms with Crippen LogP contribution in [0.1, 0.15) is 5.56 Å². The second kappa shape index (κ2) is 4.20. The second-order valence-corrected chi connectivity index (χ2v) is 4.66.